The SMILES string of the molecule is CCCC(Nc1nc(OC)nc(N2CCCCCC2)n1)C(=O)O. The molecule has 23 heavy (non-hydrogen) atoms. The van der Waals surface area contributed by atoms with Gasteiger partial charge in [-0.2, -0.15) is 15.0 Å². The molecule has 1 aliphatic rings. The first-order valence-electron chi connectivity index (χ1n) is 8.18. The maximum atomic E-state index is 11.3. The van der Waals surface area contributed by atoms with E-state index in [2.05, 4.69) is 25.2 Å². The van der Waals surface area contributed by atoms with Crippen LogP contribution in [0.3, 0.4) is 0 Å². The molecular weight excluding hydrogens is 298 g/mol. The summed E-state index contributed by atoms with van der Waals surface area (Å²) in [6.07, 6.45) is 5.88. The summed E-state index contributed by atoms with van der Waals surface area (Å²) in [6, 6.07) is -0.522. The molecule has 2 rings (SSSR count). The first-order valence-corrected chi connectivity index (χ1v) is 8.18. The van der Waals surface area contributed by atoms with Crippen molar-refractivity contribution in [2.75, 3.05) is 30.4 Å². The molecule has 1 atom stereocenters. The van der Waals surface area contributed by atoms with Crippen LogP contribution in [0.4, 0.5) is 11.9 Å². The second-order valence-corrected chi connectivity index (χ2v) is 5.67. The monoisotopic (exact) mass is 323 g/mol. The van der Waals surface area contributed by atoms with Crippen molar-refractivity contribution < 1.29 is 14.6 Å². The van der Waals surface area contributed by atoms with Crippen molar-refractivity contribution in [2.45, 2.75) is 51.5 Å². The van der Waals surface area contributed by atoms with E-state index in [9.17, 15) is 9.90 Å². The van der Waals surface area contributed by atoms with Crippen molar-refractivity contribution in [3.8, 4) is 6.01 Å². The summed E-state index contributed by atoms with van der Waals surface area (Å²) in [6.45, 7) is 3.72. The highest BCUT2D eigenvalue weighted by molar-refractivity contribution is 5.76. The molecule has 1 saturated heterocycles. The molecule has 0 saturated carbocycles. The Morgan fingerprint density at radius 2 is 1.96 bits per heavy atom. The summed E-state index contributed by atoms with van der Waals surface area (Å²) < 4.78 is 5.14. The summed E-state index contributed by atoms with van der Waals surface area (Å²) >= 11 is 0. The maximum Gasteiger partial charge on any atom is 0.326 e. The van der Waals surface area contributed by atoms with E-state index in [1.54, 1.807) is 0 Å². The van der Waals surface area contributed by atoms with Crippen LogP contribution < -0.4 is 15.0 Å². The summed E-state index contributed by atoms with van der Waals surface area (Å²) in [5.74, 6) is -0.124. The number of methoxy groups -OCH3 is 1. The van der Waals surface area contributed by atoms with Gasteiger partial charge in [-0.25, -0.2) is 4.79 Å². The number of hydrogen-bond acceptors (Lipinski definition) is 7. The number of carboxylic acids is 1. The zero-order valence-corrected chi connectivity index (χ0v) is 13.8. The number of anilines is 2. The zero-order chi connectivity index (χ0) is 16.7. The van der Waals surface area contributed by atoms with Crippen molar-refractivity contribution in [3.63, 3.8) is 0 Å². The summed E-state index contributed by atoms with van der Waals surface area (Å²) in [7, 11) is 1.49. The molecule has 0 aliphatic carbocycles. The Hall–Kier alpha value is -2.12. The van der Waals surface area contributed by atoms with Crippen LogP contribution in [0.15, 0.2) is 0 Å². The van der Waals surface area contributed by atoms with Crippen LogP contribution in [0, 0.1) is 0 Å². The van der Waals surface area contributed by atoms with E-state index in [1.807, 2.05) is 6.92 Å². The molecule has 2 heterocycles. The van der Waals surface area contributed by atoms with E-state index in [1.165, 1.54) is 20.0 Å². The van der Waals surface area contributed by atoms with E-state index in [0.717, 1.165) is 32.4 Å². The second-order valence-electron chi connectivity index (χ2n) is 5.67. The number of nitrogens with zero attached hydrogens (tertiary/aromatic N) is 4. The van der Waals surface area contributed by atoms with Crippen LogP contribution in [0.2, 0.25) is 0 Å². The molecule has 1 aromatic rings. The third-order valence-electron chi connectivity index (χ3n) is 3.85. The third kappa shape index (κ3) is 4.94. The van der Waals surface area contributed by atoms with Gasteiger partial charge in [0.15, 0.2) is 0 Å². The third-order valence-corrected chi connectivity index (χ3v) is 3.85. The van der Waals surface area contributed by atoms with Gasteiger partial charge in [0.2, 0.25) is 11.9 Å². The number of aliphatic carboxylic acids is 1. The first-order chi connectivity index (χ1) is 11.1. The molecule has 1 unspecified atom stereocenters. The van der Waals surface area contributed by atoms with Gasteiger partial charge < -0.3 is 20.1 Å². The molecule has 0 radical (unpaired) electrons. The van der Waals surface area contributed by atoms with Crippen LogP contribution in [0.1, 0.15) is 45.4 Å². The highest BCUT2D eigenvalue weighted by Crippen LogP contribution is 2.19. The lowest BCUT2D eigenvalue weighted by Crippen LogP contribution is -2.31. The summed E-state index contributed by atoms with van der Waals surface area (Å²) in [5.41, 5.74) is 0. The highest BCUT2D eigenvalue weighted by atomic mass is 16.5. The van der Waals surface area contributed by atoms with Crippen molar-refractivity contribution in [1.29, 1.82) is 0 Å². The van der Waals surface area contributed by atoms with E-state index < -0.39 is 12.0 Å². The van der Waals surface area contributed by atoms with Crippen molar-refractivity contribution in [3.05, 3.63) is 0 Å². The molecule has 0 aromatic carbocycles. The number of nitrogens with one attached hydrogen (secondary N) is 1. The lowest BCUT2D eigenvalue weighted by atomic mass is 10.2. The van der Waals surface area contributed by atoms with E-state index in [4.69, 9.17) is 4.74 Å². The van der Waals surface area contributed by atoms with Gasteiger partial charge in [-0.1, -0.05) is 26.2 Å². The fraction of sp³-hybridized carbons (Fsp3) is 0.733. The molecule has 8 heteroatoms. The molecule has 1 aliphatic heterocycles. The predicted octanol–water partition coefficient (Wildman–Crippen LogP) is 1.93. The molecule has 1 fully saturated rings. The highest BCUT2D eigenvalue weighted by Gasteiger charge is 2.20. The fourth-order valence-electron chi connectivity index (χ4n) is 2.62. The van der Waals surface area contributed by atoms with E-state index in [-0.39, 0.29) is 12.0 Å². The number of aromatic nitrogens is 3. The van der Waals surface area contributed by atoms with Gasteiger partial charge in [0.05, 0.1) is 7.11 Å². The molecule has 0 amide bonds. The largest absolute Gasteiger partial charge is 0.480 e. The summed E-state index contributed by atoms with van der Waals surface area (Å²) in [5, 5.41) is 12.2. The topological polar surface area (TPSA) is 100 Å². The van der Waals surface area contributed by atoms with Crippen LogP contribution in [0.5, 0.6) is 6.01 Å². The van der Waals surface area contributed by atoms with E-state index in [0.29, 0.717) is 12.4 Å². The minimum Gasteiger partial charge on any atom is -0.480 e. The van der Waals surface area contributed by atoms with E-state index >= 15 is 0 Å². The first kappa shape index (κ1) is 17.2. The van der Waals surface area contributed by atoms with Crippen molar-refractivity contribution >= 4 is 17.9 Å². The average Bonchev–Trinajstić information content (AvgIpc) is 2.83. The Balaban J connectivity index is 2.21. The minimum absolute atomic E-state index is 0.197. The van der Waals surface area contributed by atoms with Crippen LogP contribution in [-0.2, 0) is 4.79 Å². The molecule has 2 N–H and O–H groups in total. The second kappa shape index (κ2) is 8.50. The predicted molar refractivity (Wildman–Crippen MR) is 87.0 cm³/mol. The van der Waals surface area contributed by atoms with Crippen LogP contribution >= 0.6 is 0 Å². The Labute approximate surface area is 136 Å². The molecule has 0 spiro atoms. The number of hydrogen-bond donors (Lipinski definition) is 2. The number of carbonyl (C=O) groups is 1. The van der Waals surface area contributed by atoms with Crippen molar-refractivity contribution in [1.82, 2.24) is 15.0 Å². The van der Waals surface area contributed by atoms with Gasteiger partial charge in [-0.3, -0.25) is 0 Å². The lowest BCUT2D eigenvalue weighted by molar-refractivity contribution is -0.138. The van der Waals surface area contributed by atoms with Gasteiger partial charge in [0, 0.05) is 13.1 Å². The van der Waals surface area contributed by atoms with Crippen LogP contribution in [-0.4, -0.2) is 52.3 Å². The summed E-state index contributed by atoms with van der Waals surface area (Å²) in [4.78, 5) is 26.3. The lowest BCUT2D eigenvalue weighted by Gasteiger charge is -2.21. The van der Waals surface area contributed by atoms with Crippen LogP contribution in [0.25, 0.3) is 0 Å². The maximum absolute atomic E-state index is 11.3. The Bertz CT molecular complexity index is 518. The molecule has 128 valence electrons. The molecule has 0 bridgehead atoms. The quantitative estimate of drug-likeness (QED) is 0.785. The number of carboxylic acid groups (broad SMARTS) is 1. The number of ether oxygens (including phenoxy) is 1. The molecule has 1 aromatic heterocycles. The minimum atomic E-state index is -0.914. The Morgan fingerprint density at radius 3 is 2.52 bits per heavy atom. The average molecular weight is 323 g/mol. The fourth-order valence-corrected chi connectivity index (χ4v) is 2.62. The Kier molecular flexibility index (Phi) is 6.37. The van der Waals surface area contributed by atoms with Gasteiger partial charge in [-0.15, -0.1) is 0 Å². The van der Waals surface area contributed by atoms with Gasteiger partial charge in [0.25, 0.3) is 0 Å². The Morgan fingerprint density at radius 1 is 1.26 bits per heavy atom. The van der Waals surface area contributed by atoms with Gasteiger partial charge >= 0.3 is 12.0 Å². The normalized spacial score (nSPS) is 16.5. The van der Waals surface area contributed by atoms with Gasteiger partial charge in [0.1, 0.15) is 6.04 Å². The molecular formula is C15H25N5O3. The smallest absolute Gasteiger partial charge is 0.326 e. The standard InChI is InChI=1S/C15H25N5O3/c1-3-8-11(12(21)22)16-13-17-14(19-15(18-13)23-2)20-9-6-4-5-7-10-20/h11H,3-10H2,1-2H3,(H,21,22)(H,16,17,18,19). The van der Waals surface area contributed by atoms with Crippen molar-refractivity contribution in [2.24, 2.45) is 0 Å². The molecule has 8 nitrogen and oxygen atoms in total. The number of rotatable bonds is 7. The van der Waals surface area contributed by atoms with Gasteiger partial charge in [-0.05, 0) is 19.3 Å². The zero-order valence-electron chi connectivity index (χ0n) is 13.8.